The third-order valence-corrected chi connectivity index (χ3v) is 4.22. The summed E-state index contributed by atoms with van der Waals surface area (Å²) in [6.45, 7) is 1.90. The average molecular weight is 270 g/mol. The van der Waals surface area contributed by atoms with Crippen molar-refractivity contribution in [2.75, 3.05) is 17.6 Å². The van der Waals surface area contributed by atoms with Crippen molar-refractivity contribution in [2.45, 2.75) is 24.7 Å². The van der Waals surface area contributed by atoms with Crippen LogP contribution < -0.4 is 11.1 Å². The van der Waals surface area contributed by atoms with E-state index in [-0.39, 0.29) is 16.6 Å². The van der Waals surface area contributed by atoms with E-state index < -0.39 is 9.84 Å². The number of carbonyl (C=O) groups is 1. The van der Waals surface area contributed by atoms with Gasteiger partial charge in [-0.05, 0) is 43.7 Å². The Hall–Kier alpha value is -1.40. The molecule has 0 radical (unpaired) electrons. The standard InChI is InChI=1S/C12H18N2O3S/c1-10(15)14-11-4-6-12(7-5-11)18(16,17)9-3-2-8-13/h4-7H,2-3,8-9,13H2,1H3,(H,14,15). The maximum absolute atomic E-state index is 11.9. The van der Waals surface area contributed by atoms with E-state index >= 15 is 0 Å². The molecule has 100 valence electrons. The predicted octanol–water partition coefficient (Wildman–Crippen LogP) is 1.16. The Morgan fingerprint density at radius 1 is 1.22 bits per heavy atom. The number of hydrogen-bond acceptors (Lipinski definition) is 4. The molecule has 1 aromatic rings. The molecule has 6 heteroatoms. The summed E-state index contributed by atoms with van der Waals surface area (Å²) >= 11 is 0. The van der Waals surface area contributed by atoms with Gasteiger partial charge >= 0.3 is 0 Å². The van der Waals surface area contributed by atoms with E-state index in [1.54, 1.807) is 12.1 Å². The van der Waals surface area contributed by atoms with Crippen molar-refractivity contribution in [1.29, 1.82) is 0 Å². The van der Waals surface area contributed by atoms with Crippen LogP contribution in [0.5, 0.6) is 0 Å². The van der Waals surface area contributed by atoms with Gasteiger partial charge in [-0.3, -0.25) is 4.79 Å². The minimum absolute atomic E-state index is 0.101. The van der Waals surface area contributed by atoms with Gasteiger partial charge in [-0.2, -0.15) is 0 Å². The molecule has 0 atom stereocenters. The molecule has 0 saturated carbocycles. The largest absolute Gasteiger partial charge is 0.330 e. The normalized spacial score (nSPS) is 11.2. The number of sulfone groups is 1. The Kier molecular flexibility index (Phi) is 5.30. The zero-order chi connectivity index (χ0) is 13.6. The number of nitrogens with two attached hydrogens (primary N) is 1. The summed E-state index contributed by atoms with van der Waals surface area (Å²) in [6, 6.07) is 6.17. The highest BCUT2D eigenvalue weighted by atomic mass is 32.2. The number of amides is 1. The molecule has 0 aliphatic heterocycles. The number of anilines is 1. The highest BCUT2D eigenvalue weighted by molar-refractivity contribution is 7.91. The number of nitrogens with one attached hydrogen (secondary N) is 1. The summed E-state index contributed by atoms with van der Waals surface area (Å²) in [7, 11) is -3.25. The van der Waals surface area contributed by atoms with E-state index in [1.807, 2.05) is 0 Å². The highest BCUT2D eigenvalue weighted by Crippen LogP contribution is 2.16. The first-order chi connectivity index (χ1) is 8.45. The van der Waals surface area contributed by atoms with Crippen LogP contribution in [0.3, 0.4) is 0 Å². The second-order valence-corrected chi connectivity index (χ2v) is 6.13. The van der Waals surface area contributed by atoms with Crippen LogP contribution >= 0.6 is 0 Å². The number of benzene rings is 1. The molecular weight excluding hydrogens is 252 g/mol. The molecule has 5 nitrogen and oxygen atoms in total. The van der Waals surface area contributed by atoms with E-state index in [2.05, 4.69) is 5.32 Å². The monoisotopic (exact) mass is 270 g/mol. The number of carbonyl (C=O) groups excluding carboxylic acids is 1. The van der Waals surface area contributed by atoms with E-state index in [0.29, 0.717) is 25.1 Å². The maximum Gasteiger partial charge on any atom is 0.221 e. The molecule has 1 rings (SSSR count). The quantitative estimate of drug-likeness (QED) is 0.759. The summed E-state index contributed by atoms with van der Waals surface area (Å²) in [6.07, 6.45) is 1.26. The van der Waals surface area contributed by atoms with Crippen LogP contribution in [-0.4, -0.2) is 26.6 Å². The topological polar surface area (TPSA) is 89.3 Å². The molecule has 1 aromatic carbocycles. The Morgan fingerprint density at radius 3 is 2.33 bits per heavy atom. The van der Waals surface area contributed by atoms with Gasteiger partial charge in [0.05, 0.1) is 10.6 Å². The molecule has 0 aromatic heterocycles. The average Bonchev–Trinajstić information content (AvgIpc) is 2.29. The van der Waals surface area contributed by atoms with E-state index in [0.717, 1.165) is 0 Å². The molecule has 3 N–H and O–H groups in total. The second-order valence-electron chi connectivity index (χ2n) is 4.02. The molecule has 18 heavy (non-hydrogen) atoms. The highest BCUT2D eigenvalue weighted by Gasteiger charge is 2.13. The first-order valence-corrected chi connectivity index (χ1v) is 7.41. The van der Waals surface area contributed by atoms with Crippen LogP contribution in [0.15, 0.2) is 29.2 Å². The van der Waals surface area contributed by atoms with Crippen molar-refractivity contribution < 1.29 is 13.2 Å². The number of unbranched alkanes of at least 4 members (excludes halogenated alkanes) is 1. The summed E-state index contributed by atoms with van der Waals surface area (Å²) in [5.41, 5.74) is 5.91. The van der Waals surface area contributed by atoms with Crippen molar-refractivity contribution >= 4 is 21.4 Å². The molecule has 0 unspecified atom stereocenters. The third kappa shape index (κ3) is 4.46. The Morgan fingerprint density at radius 2 is 1.83 bits per heavy atom. The number of rotatable bonds is 6. The molecule has 0 aliphatic carbocycles. The van der Waals surface area contributed by atoms with Crippen LogP contribution in [0, 0.1) is 0 Å². The van der Waals surface area contributed by atoms with Crippen molar-refractivity contribution in [1.82, 2.24) is 0 Å². The fraction of sp³-hybridized carbons (Fsp3) is 0.417. The minimum Gasteiger partial charge on any atom is -0.330 e. The lowest BCUT2D eigenvalue weighted by Gasteiger charge is -2.06. The molecule has 0 spiro atoms. The van der Waals surface area contributed by atoms with Gasteiger partial charge in [0.1, 0.15) is 0 Å². The third-order valence-electron chi connectivity index (χ3n) is 2.40. The minimum atomic E-state index is -3.25. The van der Waals surface area contributed by atoms with Gasteiger partial charge in [0.25, 0.3) is 0 Å². The fourth-order valence-corrected chi connectivity index (χ4v) is 2.87. The molecule has 1 amide bonds. The molecule has 0 heterocycles. The molecule has 0 fully saturated rings. The summed E-state index contributed by atoms with van der Waals surface area (Å²) < 4.78 is 23.8. The van der Waals surface area contributed by atoms with Crippen molar-refractivity contribution in [2.24, 2.45) is 5.73 Å². The van der Waals surface area contributed by atoms with E-state index in [9.17, 15) is 13.2 Å². The summed E-state index contributed by atoms with van der Waals surface area (Å²) in [4.78, 5) is 11.1. The second kappa shape index (κ2) is 6.51. The zero-order valence-electron chi connectivity index (χ0n) is 10.3. The van der Waals surface area contributed by atoms with Crippen molar-refractivity contribution in [3.63, 3.8) is 0 Å². The van der Waals surface area contributed by atoms with Crippen LogP contribution in [0.4, 0.5) is 5.69 Å². The fourth-order valence-electron chi connectivity index (χ4n) is 1.50. The summed E-state index contributed by atoms with van der Waals surface area (Å²) in [5.74, 6) is -0.0856. The van der Waals surface area contributed by atoms with Crippen molar-refractivity contribution in [3.05, 3.63) is 24.3 Å². The lowest BCUT2D eigenvalue weighted by atomic mass is 10.3. The maximum atomic E-state index is 11.9. The van der Waals surface area contributed by atoms with Gasteiger partial charge in [-0.15, -0.1) is 0 Å². The van der Waals surface area contributed by atoms with Gasteiger partial charge < -0.3 is 11.1 Å². The Bertz CT molecular complexity index is 495. The Labute approximate surface area is 107 Å². The molecule has 0 saturated heterocycles. The SMILES string of the molecule is CC(=O)Nc1ccc(S(=O)(=O)CCCCN)cc1. The van der Waals surface area contributed by atoms with Gasteiger partial charge in [0.2, 0.25) is 5.91 Å². The van der Waals surface area contributed by atoms with Gasteiger partial charge in [-0.25, -0.2) is 8.42 Å². The molecule has 0 bridgehead atoms. The van der Waals surface area contributed by atoms with Crippen molar-refractivity contribution in [3.8, 4) is 0 Å². The summed E-state index contributed by atoms with van der Waals surface area (Å²) in [5, 5.41) is 2.59. The van der Waals surface area contributed by atoms with Gasteiger partial charge in [-0.1, -0.05) is 0 Å². The van der Waals surface area contributed by atoms with Crippen LogP contribution in [0.2, 0.25) is 0 Å². The lowest BCUT2D eigenvalue weighted by molar-refractivity contribution is -0.114. The first kappa shape index (κ1) is 14.7. The Balaban J connectivity index is 2.74. The predicted molar refractivity (Wildman–Crippen MR) is 71.1 cm³/mol. The first-order valence-electron chi connectivity index (χ1n) is 5.76. The zero-order valence-corrected chi connectivity index (χ0v) is 11.2. The van der Waals surface area contributed by atoms with Gasteiger partial charge in [0.15, 0.2) is 9.84 Å². The van der Waals surface area contributed by atoms with Gasteiger partial charge in [0, 0.05) is 12.6 Å². The number of hydrogen-bond donors (Lipinski definition) is 2. The molecule has 0 aliphatic rings. The smallest absolute Gasteiger partial charge is 0.221 e. The van der Waals surface area contributed by atoms with Crippen LogP contribution in [0.25, 0.3) is 0 Å². The van der Waals surface area contributed by atoms with Crippen LogP contribution in [0.1, 0.15) is 19.8 Å². The van der Waals surface area contributed by atoms with Crippen LogP contribution in [-0.2, 0) is 14.6 Å². The lowest BCUT2D eigenvalue weighted by Crippen LogP contribution is -2.10. The molecular formula is C12H18N2O3S. The van der Waals surface area contributed by atoms with E-state index in [4.69, 9.17) is 5.73 Å². The van der Waals surface area contributed by atoms with E-state index in [1.165, 1.54) is 19.1 Å².